The molecule has 148 valence electrons. The van der Waals surface area contributed by atoms with Gasteiger partial charge in [-0.1, -0.05) is 19.1 Å². The van der Waals surface area contributed by atoms with Crippen LogP contribution in [0.3, 0.4) is 0 Å². The molecule has 0 saturated heterocycles. The van der Waals surface area contributed by atoms with Gasteiger partial charge in [0.1, 0.15) is 5.75 Å². The van der Waals surface area contributed by atoms with Crippen molar-refractivity contribution in [1.82, 2.24) is 10.6 Å². The van der Waals surface area contributed by atoms with Gasteiger partial charge in [-0.25, -0.2) is 0 Å². The van der Waals surface area contributed by atoms with E-state index in [1.54, 1.807) is 48.5 Å². The summed E-state index contributed by atoms with van der Waals surface area (Å²) >= 11 is 5.22. The van der Waals surface area contributed by atoms with Gasteiger partial charge in [0.15, 0.2) is 5.11 Å². The Morgan fingerprint density at radius 3 is 2.39 bits per heavy atom. The largest absolute Gasteiger partial charge is 0.491 e. The predicted octanol–water partition coefficient (Wildman–Crippen LogP) is 3.74. The first-order valence-corrected chi connectivity index (χ1v) is 9.57. The van der Waals surface area contributed by atoms with E-state index in [0.29, 0.717) is 29.1 Å². The number of amides is 2. The molecule has 0 aliphatic heterocycles. The first-order chi connectivity index (χ1) is 13.4. The molecule has 0 spiro atoms. The van der Waals surface area contributed by atoms with E-state index in [9.17, 15) is 9.59 Å². The van der Waals surface area contributed by atoms with Crippen molar-refractivity contribution in [1.29, 1.82) is 0 Å². The van der Waals surface area contributed by atoms with Gasteiger partial charge in [0.05, 0.1) is 6.10 Å². The molecule has 2 amide bonds. The van der Waals surface area contributed by atoms with Crippen LogP contribution in [0.2, 0.25) is 0 Å². The molecule has 0 radical (unpaired) electrons. The smallest absolute Gasteiger partial charge is 0.257 e. The Hall–Kier alpha value is -2.93. The maximum absolute atomic E-state index is 12.4. The number of carbonyl (C=O) groups excluding carboxylic acids is 2. The van der Waals surface area contributed by atoms with Gasteiger partial charge >= 0.3 is 0 Å². The number of carbonyl (C=O) groups is 2. The third-order valence-electron chi connectivity index (χ3n) is 3.61. The second-order valence-corrected chi connectivity index (χ2v) is 6.85. The van der Waals surface area contributed by atoms with E-state index in [-0.39, 0.29) is 23.0 Å². The lowest BCUT2D eigenvalue weighted by Crippen LogP contribution is -2.34. The maximum Gasteiger partial charge on any atom is 0.257 e. The number of hydrogen-bond donors (Lipinski definition) is 3. The van der Waals surface area contributed by atoms with Crippen molar-refractivity contribution in [2.75, 3.05) is 11.9 Å². The van der Waals surface area contributed by atoms with Crippen LogP contribution in [0.15, 0.2) is 48.5 Å². The van der Waals surface area contributed by atoms with Crippen molar-refractivity contribution in [3.63, 3.8) is 0 Å². The Balaban J connectivity index is 1.98. The van der Waals surface area contributed by atoms with Gasteiger partial charge in [-0.05, 0) is 68.9 Å². The maximum atomic E-state index is 12.4. The van der Waals surface area contributed by atoms with Crippen LogP contribution < -0.4 is 20.7 Å². The summed E-state index contributed by atoms with van der Waals surface area (Å²) in [5.74, 6) is 0.123. The van der Waals surface area contributed by atoms with Crippen LogP contribution in [0.4, 0.5) is 5.69 Å². The number of thiocarbonyl (C=S) groups is 1. The van der Waals surface area contributed by atoms with Crippen molar-refractivity contribution in [3.8, 4) is 5.75 Å². The topological polar surface area (TPSA) is 79.5 Å². The minimum atomic E-state index is -0.344. The summed E-state index contributed by atoms with van der Waals surface area (Å²) in [5.41, 5.74) is 1.58. The average Bonchev–Trinajstić information content (AvgIpc) is 2.65. The molecule has 0 aliphatic rings. The summed E-state index contributed by atoms with van der Waals surface area (Å²) in [4.78, 5) is 24.5. The van der Waals surface area contributed by atoms with Crippen LogP contribution in [0.5, 0.6) is 5.75 Å². The van der Waals surface area contributed by atoms with E-state index < -0.39 is 0 Å². The molecule has 0 aromatic heterocycles. The SMILES string of the molecule is CCCNC(=O)c1cccc(NC(=S)NC(=O)c2cccc(OC(C)C)c2)c1. The molecule has 2 aromatic rings. The molecule has 7 heteroatoms. The normalized spacial score (nSPS) is 10.3. The fraction of sp³-hybridized carbons (Fsp3) is 0.286. The molecule has 2 aromatic carbocycles. The first-order valence-electron chi connectivity index (χ1n) is 9.16. The van der Waals surface area contributed by atoms with E-state index in [1.165, 1.54) is 0 Å². The van der Waals surface area contributed by atoms with Gasteiger partial charge in [0.2, 0.25) is 0 Å². The lowest BCUT2D eigenvalue weighted by atomic mass is 10.2. The second-order valence-electron chi connectivity index (χ2n) is 6.44. The molecule has 0 unspecified atom stereocenters. The van der Waals surface area contributed by atoms with Gasteiger partial charge in [0.25, 0.3) is 11.8 Å². The standard InChI is InChI=1S/C21H25N3O3S/c1-4-11-22-19(25)15-7-5-9-17(12-15)23-21(28)24-20(26)16-8-6-10-18(13-16)27-14(2)3/h5-10,12-14H,4,11H2,1-3H3,(H,22,25)(H2,23,24,26,28). The van der Waals surface area contributed by atoms with Gasteiger partial charge < -0.3 is 15.4 Å². The third-order valence-corrected chi connectivity index (χ3v) is 3.82. The Labute approximate surface area is 170 Å². The van der Waals surface area contributed by atoms with Gasteiger partial charge in [-0.2, -0.15) is 0 Å². The van der Waals surface area contributed by atoms with E-state index in [1.807, 2.05) is 20.8 Å². The number of anilines is 1. The Bertz CT molecular complexity index is 852. The molecule has 28 heavy (non-hydrogen) atoms. The summed E-state index contributed by atoms with van der Waals surface area (Å²) in [5, 5.41) is 8.53. The van der Waals surface area contributed by atoms with Crippen LogP contribution in [0.1, 0.15) is 47.9 Å². The summed E-state index contributed by atoms with van der Waals surface area (Å²) in [6.45, 7) is 6.44. The van der Waals surface area contributed by atoms with Crippen molar-refractivity contribution in [2.24, 2.45) is 0 Å². The molecule has 0 atom stereocenters. The molecule has 0 bridgehead atoms. The Morgan fingerprint density at radius 2 is 1.71 bits per heavy atom. The number of hydrogen-bond acceptors (Lipinski definition) is 4. The molecule has 0 fully saturated rings. The van der Waals surface area contributed by atoms with E-state index >= 15 is 0 Å². The van der Waals surface area contributed by atoms with Crippen molar-refractivity contribution >= 4 is 34.8 Å². The molecule has 6 nitrogen and oxygen atoms in total. The van der Waals surface area contributed by atoms with Crippen LogP contribution in [-0.4, -0.2) is 29.6 Å². The van der Waals surface area contributed by atoms with Crippen LogP contribution in [0, 0.1) is 0 Å². The lowest BCUT2D eigenvalue weighted by molar-refractivity contribution is 0.0951. The highest BCUT2D eigenvalue weighted by atomic mass is 32.1. The number of ether oxygens (including phenoxy) is 1. The number of rotatable bonds is 7. The molecule has 0 saturated carbocycles. The lowest BCUT2D eigenvalue weighted by Gasteiger charge is -2.12. The summed E-state index contributed by atoms with van der Waals surface area (Å²) < 4.78 is 5.60. The highest BCUT2D eigenvalue weighted by molar-refractivity contribution is 7.80. The number of benzene rings is 2. The molecular formula is C21H25N3O3S. The second kappa shape index (κ2) is 10.4. The van der Waals surface area contributed by atoms with E-state index in [2.05, 4.69) is 16.0 Å². The van der Waals surface area contributed by atoms with Crippen molar-refractivity contribution in [2.45, 2.75) is 33.3 Å². The molecular weight excluding hydrogens is 374 g/mol. The monoisotopic (exact) mass is 399 g/mol. The average molecular weight is 400 g/mol. The van der Waals surface area contributed by atoms with Crippen molar-refractivity contribution < 1.29 is 14.3 Å². The fourth-order valence-electron chi connectivity index (χ4n) is 2.40. The van der Waals surface area contributed by atoms with E-state index in [4.69, 9.17) is 17.0 Å². The highest BCUT2D eigenvalue weighted by Gasteiger charge is 2.11. The minimum Gasteiger partial charge on any atom is -0.491 e. The summed E-state index contributed by atoms with van der Waals surface area (Å²) in [7, 11) is 0. The first kappa shape index (κ1) is 21.4. The van der Waals surface area contributed by atoms with E-state index in [0.717, 1.165) is 6.42 Å². The Kier molecular flexibility index (Phi) is 7.95. The van der Waals surface area contributed by atoms with Gasteiger partial charge in [0, 0.05) is 23.4 Å². The highest BCUT2D eigenvalue weighted by Crippen LogP contribution is 2.15. The molecule has 0 aliphatic carbocycles. The van der Waals surface area contributed by atoms with Crippen LogP contribution in [0.25, 0.3) is 0 Å². The predicted molar refractivity (Wildman–Crippen MR) is 115 cm³/mol. The molecule has 2 rings (SSSR count). The quantitative estimate of drug-likeness (QED) is 0.618. The number of nitrogens with one attached hydrogen (secondary N) is 3. The Morgan fingerprint density at radius 1 is 1.04 bits per heavy atom. The van der Waals surface area contributed by atoms with Crippen molar-refractivity contribution in [3.05, 3.63) is 59.7 Å². The zero-order chi connectivity index (χ0) is 20.5. The van der Waals surface area contributed by atoms with Gasteiger partial charge in [-0.3, -0.25) is 14.9 Å². The van der Waals surface area contributed by atoms with Crippen LogP contribution in [-0.2, 0) is 0 Å². The zero-order valence-electron chi connectivity index (χ0n) is 16.2. The minimum absolute atomic E-state index is 0.0165. The fourth-order valence-corrected chi connectivity index (χ4v) is 2.61. The summed E-state index contributed by atoms with van der Waals surface area (Å²) in [6.07, 6.45) is 0.881. The third kappa shape index (κ3) is 6.66. The summed E-state index contributed by atoms with van der Waals surface area (Å²) in [6, 6.07) is 13.8. The molecule has 0 heterocycles. The van der Waals surface area contributed by atoms with Gasteiger partial charge in [-0.15, -0.1) is 0 Å². The molecule has 3 N–H and O–H groups in total. The van der Waals surface area contributed by atoms with Crippen LogP contribution >= 0.6 is 12.2 Å². The zero-order valence-corrected chi connectivity index (χ0v) is 17.1.